The molecule has 4 heteroatoms. The Hall–Kier alpha value is -0.350. The Bertz CT molecular complexity index is 204. The van der Waals surface area contributed by atoms with E-state index in [4.69, 9.17) is 0 Å². The van der Waals surface area contributed by atoms with Crippen molar-refractivity contribution in [3.63, 3.8) is 0 Å². The molecular formula is C4H7NO2S. The van der Waals surface area contributed by atoms with E-state index in [2.05, 4.69) is 0 Å². The van der Waals surface area contributed by atoms with E-state index in [0.717, 1.165) is 0 Å². The third-order valence-electron chi connectivity index (χ3n) is 1.07. The molecule has 3 nitrogen and oxygen atoms in total. The van der Waals surface area contributed by atoms with Crippen LogP contribution in [0.2, 0.25) is 0 Å². The fraction of sp³-hybridized carbons (Fsp3) is 0.500. The Balaban J connectivity index is 3.01. The van der Waals surface area contributed by atoms with Crippen LogP contribution in [0.5, 0.6) is 0 Å². The van der Waals surface area contributed by atoms with Crippen LogP contribution >= 0.6 is 0 Å². The quantitative estimate of drug-likeness (QED) is 0.458. The van der Waals surface area contributed by atoms with Crippen molar-refractivity contribution in [2.24, 2.45) is 0 Å². The molecule has 0 aromatic heterocycles. The number of rotatable bonds is 0. The van der Waals surface area contributed by atoms with Gasteiger partial charge in [0.2, 0.25) is 10.0 Å². The molecule has 1 aliphatic rings. The lowest BCUT2D eigenvalue weighted by atomic mass is 10.6. The predicted octanol–water partition coefficient (Wildman–Crippen LogP) is -0.225. The largest absolute Gasteiger partial charge is 0.235 e. The highest BCUT2D eigenvalue weighted by Crippen LogP contribution is 2.05. The normalized spacial score (nSPS) is 26.6. The minimum atomic E-state index is -2.97. The van der Waals surface area contributed by atoms with Crippen LogP contribution in [0.3, 0.4) is 0 Å². The lowest BCUT2D eigenvalue weighted by Crippen LogP contribution is -2.19. The van der Waals surface area contributed by atoms with Crippen molar-refractivity contribution in [1.82, 2.24) is 4.31 Å². The zero-order chi connectivity index (χ0) is 6.20. The van der Waals surface area contributed by atoms with Gasteiger partial charge in [-0.1, -0.05) is 6.08 Å². The highest BCUT2D eigenvalue weighted by Gasteiger charge is 2.16. The fourth-order valence-corrected chi connectivity index (χ4v) is 1.35. The lowest BCUT2D eigenvalue weighted by Gasteiger charge is -2.03. The van der Waals surface area contributed by atoms with E-state index in [0.29, 0.717) is 6.54 Å². The Kier molecular flexibility index (Phi) is 1.13. The Morgan fingerprint density at radius 1 is 1.62 bits per heavy atom. The first-order chi connectivity index (χ1) is 3.63. The summed E-state index contributed by atoms with van der Waals surface area (Å²) < 4.78 is 22.5. The van der Waals surface area contributed by atoms with Crippen molar-refractivity contribution in [2.45, 2.75) is 0 Å². The third-order valence-corrected chi connectivity index (χ3v) is 2.62. The number of sulfonamides is 1. The molecule has 0 unspecified atom stereocenters. The molecule has 46 valence electrons. The van der Waals surface area contributed by atoms with E-state index >= 15 is 0 Å². The molecule has 0 radical (unpaired) electrons. The summed E-state index contributed by atoms with van der Waals surface area (Å²) in [6.07, 6.45) is 1.62. The highest BCUT2D eigenvalue weighted by atomic mass is 32.2. The molecule has 0 aromatic rings. The van der Waals surface area contributed by atoms with Gasteiger partial charge in [0.1, 0.15) is 0 Å². The summed E-state index contributed by atoms with van der Waals surface area (Å²) in [6, 6.07) is 0. The van der Waals surface area contributed by atoms with Crippen molar-refractivity contribution < 1.29 is 8.42 Å². The average molecular weight is 133 g/mol. The van der Waals surface area contributed by atoms with Crippen LogP contribution in [0.1, 0.15) is 0 Å². The lowest BCUT2D eigenvalue weighted by molar-refractivity contribution is 0.518. The second kappa shape index (κ2) is 1.56. The van der Waals surface area contributed by atoms with Crippen molar-refractivity contribution in [3.8, 4) is 0 Å². The monoisotopic (exact) mass is 133 g/mol. The maximum absolute atomic E-state index is 10.6. The van der Waals surface area contributed by atoms with Gasteiger partial charge >= 0.3 is 0 Å². The van der Waals surface area contributed by atoms with Gasteiger partial charge < -0.3 is 0 Å². The zero-order valence-corrected chi connectivity index (χ0v) is 5.35. The van der Waals surface area contributed by atoms with Gasteiger partial charge in [-0.2, -0.15) is 4.31 Å². The summed E-state index contributed by atoms with van der Waals surface area (Å²) in [6.45, 7) is 0.516. The Morgan fingerprint density at radius 3 is 2.38 bits per heavy atom. The standard InChI is InChI=1S/C4H7NO2S/c1-5-3-2-4-8(5,6)7/h2,4H,3H2,1H3. The average Bonchev–Trinajstić information content (AvgIpc) is 1.86. The summed E-state index contributed by atoms with van der Waals surface area (Å²) in [5.41, 5.74) is 0. The first-order valence-electron chi connectivity index (χ1n) is 2.26. The Morgan fingerprint density at radius 2 is 2.25 bits per heavy atom. The van der Waals surface area contributed by atoms with E-state index < -0.39 is 10.0 Å². The SMILES string of the molecule is CN1CC=CS1(=O)=O. The van der Waals surface area contributed by atoms with E-state index in [-0.39, 0.29) is 0 Å². The molecule has 8 heavy (non-hydrogen) atoms. The van der Waals surface area contributed by atoms with Crippen LogP contribution in [-0.2, 0) is 10.0 Å². The molecule has 0 aliphatic carbocycles. The zero-order valence-electron chi connectivity index (χ0n) is 4.53. The molecule has 1 rings (SSSR count). The minimum Gasteiger partial charge on any atom is -0.208 e. The van der Waals surface area contributed by atoms with Crippen LogP contribution in [0.25, 0.3) is 0 Å². The van der Waals surface area contributed by atoms with Gasteiger partial charge in [-0.25, -0.2) is 8.42 Å². The minimum absolute atomic E-state index is 0.516. The molecule has 0 bridgehead atoms. The van der Waals surface area contributed by atoms with Crippen LogP contribution in [0.4, 0.5) is 0 Å². The Labute approximate surface area is 48.7 Å². The van der Waals surface area contributed by atoms with Gasteiger partial charge in [0.25, 0.3) is 0 Å². The number of hydrogen-bond acceptors (Lipinski definition) is 2. The van der Waals surface area contributed by atoms with E-state index in [1.165, 1.54) is 9.71 Å². The number of nitrogens with zero attached hydrogens (tertiary/aromatic N) is 1. The maximum atomic E-state index is 10.6. The molecule has 0 atom stereocenters. The second-order valence-corrected chi connectivity index (χ2v) is 3.62. The molecule has 0 fully saturated rings. The van der Waals surface area contributed by atoms with Crippen molar-refractivity contribution in [1.29, 1.82) is 0 Å². The molecule has 1 heterocycles. The fourth-order valence-electron chi connectivity index (χ4n) is 0.521. The van der Waals surface area contributed by atoms with Gasteiger partial charge in [-0.15, -0.1) is 0 Å². The van der Waals surface area contributed by atoms with Gasteiger partial charge in [-0.05, 0) is 0 Å². The van der Waals surface area contributed by atoms with Crippen molar-refractivity contribution in [2.75, 3.05) is 13.6 Å². The smallest absolute Gasteiger partial charge is 0.208 e. The van der Waals surface area contributed by atoms with Gasteiger partial charge in [0, 0.05) is 19.0 Å². The molecular weight excluding hydrogens is 126 g/mol. The summed E-state index contributed by atoms with van der Waals surface area (Å²) in [7, 11) is -1.42. The molecule has 0 aromatic carbocycles. The molecule has 0 saturated carbocycles. The predicted molar refractivity (Wildman–Crippen MR) is 30.7 cm³/mol. The van der Waals surface area contributed by atoms with Crippen molar-refractivity contribution in [3.05, 3.63) is 11.5 Å². The topological polar surface area (TPSA) is 37.4 Å². The van der Waals surface area contributed by atoms with Crippen molar-refractivity contribution >= 4 is 10.0 Å². The first kappa shape index (κ1) is 5.78. The van der Waals surface area contributed by atoms with E-state index in [9.17, 15) is 8.42 Å². The molecule has 0 spiro atoms. The molecule has 1 aliphatic heterocycles. The third kappa shape index (κ3) is 0.763. The summed E-state index contributed by atoms with van der Waals surface area (Å²) >= 11 is 0. The van der Waals surface area contributed by atoms with Gasteiger partial charge in [-0.3, -0.25) is 0 Å². The van der Waals surface area contributed by atoms with Crippen LogP contribution in [-0.4, -0.2) is 26.3 Å². The summed E-state index contributed by atoms with van der Waals surface area (Å²) in [5.74, 6) is 0. The highest BCUT2D eigenvalue weighted by molar-refractivity contribution is 7.92. The molecule has 0 saturated heterocycles. The van der Waals surface area contributed by atoms with Crippen LogP contribution < -0.4 is 0 Å². The van der Waals surface area contributed by atoms with Crippen LogP contribution in [0, 0.1) is 0 Å². The molecule has 0 N–H and O–H groups in total. The summed E-state index contributed by atoms with van der Waals surface area (Å²) in [4.78, 5) is 0. The number of likely N-dealkylation sites (N-methyl/N-ethyl adjacent to an activating group) is 1. The molecule has 0 amide bonds. The van der Waals surface area contributed by atoms with E-state index in [1.807, 2.05) is 0 Å². The number of hydrogen-bond donors (Lipinski definition) is 0. The van der Waals surface area contributed by atoms with Gasteiger partial charge in [0.15, 0.2) is 0 Å². The van der Waals surface area contributed by atoms with Crippen LogP contribution in [0.15, 0.2) is 11.5 Å². The van der Waals surface area contributed by atoms with E-state index in [1.54, 1.807) is 13.1 Å². The maximum Gasteiger partial charge on any atom is 0.235 e. The second-order valence-electron chi connectivity index (χ2n) is 1.70. The first-order valence-corrected chi connectivity index (χ1v) is 3.76. The summed E-state index contributed by atoms with van der Waals surface area (Å²) in [5, 5.41) is 1.22. The van der Waals surface area contributed by atoms with Gasteiger partial charge in [0.05, 0.1) is 0 Å².